The van der Waals surface area contributed by atoms with Gasteiger partial charge in [-0.05, 0) is 12.1 Å². The highest BCUT2D eigenvalue weighted by Gasteiger charge is 2.27. The summed E-state index contributed by atoms with van der Waals surface area (Å²) in [5, 5.41) is 5.53. The van der Waals surface area contributed by atoms with Crippen molar-refractivity contribution in [1.82, 2.24) is 20.4 Å². The van der Waals surface area contributed by atoms with Gasteiger partial charge in [0, 0.05) is 27.2 Å². The summed E-state index contributed by atoms with van der Waals surface area (Å²) in [6.45, 7) is 1.44. The Hall–Kier alpha value is -2.11. The molecule has 144 valence electrons. The van der Waals surface area contributed by atoms with E-state index in [4.69, 9.17) is 4.74 Å². The van der Waals surface area contributed by atoms with E-state index in [2.05, 4.69) is 15.6 Å². The lowest BCUT2D eigenvalue weighted by Crippen LogP contribution is -2.44. The molecule has 0 atom stereocenters. The van der Waals surface area contributed by atoms with E-state index in [0.29, 0.717) is 19.0 Å². The number of para-hydroxylation sites is 1. The summed E-state index contributed by atoms with van der Waals surface area (Å²) in [7, 11) is 3.44. The van der Waals surface area contributed by atoms with Crippen LogP contribution in [0.25, 0.3) is 0 Å². The third-order valence-corrected chi connectivity index (χ3v) is 3.65. The quantitative estimate of drug-likeness (QED) is 0.263. The van der Waals surface area contributed by atoms with Gasteiger partial charge in [0.2, 0.25) is 5.91 Å². The molecule has 1 aromatic carbocycles. The number of imide groups is 1. The summed E-state index contributed by atoms with van der Waals surface area (Å²) >= 11 is 0. The van der Waals surface area contributed by atoms with Crippen LogP contribution in [0.5, 0.6) is 5.75 Å². The predicted molar refractivity (Wildman–Crippen MR) is 106 cm³/mol. The van der Waals surface area contributed by atoms with Gasteiger partial charge >= 0.3 is 6.03 Å². The maximum Gasteiger partial charge on any atom is 0.324 e. The number of carbonyl (C=O) groups is 2. The number of likely N-dealkylation sites (N-methyl/N-ethyl adjacent to an activating group) is 1. The first-order valence-corrected chi connectivity index (χ1v) is 7.90. The van der Waals surface area contributed by atoms with Crippen LogP contribution in [0.4, 0.5) is 9.18 Å². The molecule has 1 heterocycles. The second kappa shape index (κ2) is 10.8. The average molecular weight is 479 g/mol. The molecule has 1 aliphatic rings. The maximum absolute atomic E-state index is 13.5. The lowest BCUT2D eigenvalue weighted by Gasteiger charge is -2.23. The Morgan fingerprint density at radius 3 is 2.77 bits per heavy atom. The van der Waals surface area contributed by atoms with Gasteiger partial charge in [0.15, 0.2) is 17.5 Å². The molecule has 1 saturated heterocycles. The molecule has 1 aromatic rings. The van der Waals surface area contributed by atoms with Gasteiger partial charge in [-0.2, -0.15) is 0 Å². The maximum atomic E-state index is 13.5. The Labute approximate surface area is 168 Å². The number of halogens is 2. The average Bonchev–Trinajstić information content (AvgIpc) is 2.92. The van der Waals surface area contributed by atoms with Gasteiger partial charge in [-0.15, -0.1) is 24.0 Å². The molecule has 0 spiro atoms. The first-order chi connectivity index (χ1) is 12.0. The zero-order valence-corrected chi connectivity index (χ0v) is 17.0. The van der Waals surface area contributed by atoms with E-state index in [9.17, 15) is 14.0 Å². The molecule has 0 bridgehead atoms. The normalized spacial score (nSPS) is 14.0. The number of amides is 3. The minimum atomic E-state index is -0.402. The number of carbonyl (C=O) groups excluding carboxylic acids is 2. The highest BCUT2D eigenvalue weighted by Crippen LogP contribution is 2.14. The summed E-state index contributed by atoms with van der Waals surface area (Å²) < 4.78 is 18.9. The predicted octanol–water partition coefficient (Wildman–Crippen LogP) is 0.881. The van der Waals surface area contributed by atoms with Crippen molar-refractivity contribution in [2.75, 3.05) is 46.9 Å². The Balaban J connectivity index is 0.00000338. The molecule has 26 heavy (non-hydrogen) atoms. The first kappa shape index (κ1) is 21.9. The molecule has 3 amide bonds. The Kier molecular flexibility index (Phi) is 9.10. The van der Waals surface area contributed by atoms with Gasteiger partial charge < -0.3 is 20.3 Å². The number of guanidine groups is 1. The number of hydrogen-bond acceptors (Lipinski definition) is 4. The molecule has 1 aliphatic heterocycles. The fourth-order valence-corrected chi connectivity index (χ4v) is 2.31. The number of hydrogen-bond donors (Lipinski definition) is 2. The van der Waals surface area contributed by atoms with E-state index >= 15 is 0 Å². The minimum Gasteiger partial charge on any atom is -0.489 e. The number of rotatable bonds is 7. The lowest BCUT2D eigenvalue weighted by atomic mass is 10.3. The number of nitrogens with one attached hydrogen (secondary N) is 2. The Bertz CT molecular complexity index is 643. The van der Waals surface area contributed by atoms with Gasteiger partial charge in [-0.3, -0.25) is 14.7 Å². The third-order valence-electron chi connectivity index (χ3n) is 3.65. The van der Waals surface area contributed by atoms with Gasteiger partial charge in [0.05, 0.1) is 13.1 Å². The molecular formula is C16H23FIN5O3. The fraction of sp³-hybridized carbons (Fsp3) is 0.438. The van der Waals surface area contributed by atoms with Crippen LogP contribution in [-0.2, 0) is 4.79 Å². The molecule has 2 N–H and O–H groups in total. The van der Waals surface area contributed by atoms with E-state index in [0.717, 1.165) is 4.90 Å². The zero-order valence-electron chi connectivity index (χ0n) is 14.7. The molecule has 0 unspecified atom stereocenters. The van der Waals surface area contributed by atoms with Crippen molar-refractivity contribution >= 4 is 41.9 Å². The van der Waals surface area contributed by atoms with Crippen molar-refractivity contribution in [3.05, 3.63) is 30.1 Å². The van der Waals surface area contributed by atoms with Crippen LogP contribution in [0.1, 0.15) is 0 Å². The summed E-state index contributed by atoms with van der Waals surface area (Å²) in [4.78, 5) is 30.0. The van der Waals surface area contributed by atoms with Crippen LogP contribution in [0.15, 0.2) is 29.3 Å². The van der Waals surface area contributed by atoms with Crippen molar-refractivity contribution in [1.29, 1.82) is 0 Å². The summed E-state index contributed by atoms with van der Waals surface area (Å²) in [6.07, 6.45) is 0. The topological polar surface area (TPSA) is 86.3 Å². The highest BCUT2D eigenvalue weighted by molar-refractivity contribution is 14.0. The molecule has 0 radical (unpaired) electrons. The van der Waals surface area contributed by atoms with E-state index in [1.165, 1.54) is 6.07 Å². The van der Waals surface area contributed by atoms with Crippen molar-refractivity contribution in [3.8, 4) is 5.75 Å². The van der Waals surface area contributed by atoms with E-state index in [1.807, 2.05) is 11.9 Å². The number of aliphatic imine (C=N–C) groups is 1. The smallest absolute Gasteiger partial charge is 0.324 e. The molecule has 1 fully saturated rings. The second-order valence-electron chi connectivity index (χ2n) is 5.38. The monoisotopic (exact) mass is 479 g/mol. The standard InChI is InChI=1S/C16H22FN5O3.HI/c1-18-15(19-7-8-22-14(23)11-20-16(22)24)21(2)9-10-25-13-6-4-3-5-12(13)17;/h3-6H,7-11H2,1-2H3,(H,18,19)(H,20,24);1H. The van der Waals surface area contributed by atoms with Gasteiger partial charge in [0.1, 0.15) is 6.61 Å². The van der Waals surface area contributed by atoms with Crippen LogP contribution in [-0.4, -0.2) is 74.6 Å². The molecular weight excluding hydrogens is 456 g/mol. The van der Waals surface area contributed by atoms with Crippen LogP contribution in [0, 0.1) is 5.82 Å². The fourth-order valence-electron chi connectivity index (χ4n) is 2.31. The van der Waals surface area contributed by atoms with Crippen molar-refractivity contribution < 1.29 is 18.7 Å². The molecule has 0 aliphatic carbocycles. The number of urea groups is 1. The first-order valence-electron chi connectivity index (χ1n) is 7.90. The van der Waals surface area contributed by atoms with E-state index in [-0.39, 0.29) is 61.4 Å². The van der Waals surface area contributed by atoms with E-state index < -0.39 is 5.82 Å². The van der Waals surface area contributed by atoms with E-state index in [1.54, 1.807) is 25.2 Å². The van der Waals surface area contributed by atoms with Crippen molar-refractivity contribution in [3.63, 3.8) is 0 Å². The Morgan fingerprint density at radius 2 is 2.15 bits per heavy atom. The van der Waals surface area contributed by atoms with Gasteiger partial charge in [-0.25, -0.2) is 9.18 Å². The lowest BCUT2D eigenvalue weighted by molar-refractivity contribution is -0.124. The van der Waals surface area contributed by atoms with Crippen molar-refractivity contribution in [2.24, 2.45) is 4.99 Å². The molecule has 2 rings (SSSR count). The molecule has 0 aromatic heterocycles. The summed E-state index contributed by atoms with van der Waals surface area (Å²) in [6, 6.07) is 5.84. The summed E-state index contributed by atoms with van der Waals surface area (Å²) in [5.41, 5.74) is 0. The third kappa shape index (κ3) is 6.00. The summed E-state index contributed by atoms with van der Waals surface area (Å²) in [5.74, 6) is 0.149. The highest BCUT2D eigenvalue weighted by atomic mass is 127. The number of nitrogens with zero attached hydrogens (tertiary/aromatic N) is 3. The number of ether oxygens (including phenoxy) is 1. The molecule has 0 saturated carbocycles. The van der Waals surface area contributed by atoms with Crippen molar-refractivity contribution in [2.45, 2.75) is 0 Å². The molecule has 8 nitrogen and oxygen atoms in total. The second-order valence-corrected chi connectivity index (χ2v) is 5.38. The number of benzene rings is 1. The van der Waals surface area contributed by atoms with Crippen LogP contribution < -0.4 is 15.4 Å². The Morgan fingerprint density at radius 1 is 1.42 bits per heavy atom. The van der Waals surface area contributed by atoms with Crippen LogP contribution in [0.2, 0.25) is 0 Å². The largest absolute Gasteiger partial charge is 0.489 e. The molecule has 10 heteroatoms. The SMILES string of the molecule is CN=C(NCCN1C(=O)CNC1=O)N(C)CCOc1ccccc1F.I. The minimum absolute atomic E-state index is 0. The van der Waals surface area contributed by atoms with Gasteiger partial charge in [0.25, 0.3) is 0 Å². The van der Waals surface area contributed by atoms with Crippen LogP contribution in [0.3, 0.4) is 0 Å². The van der Waals surface area contributed by atoms with Gasteiger partial charge in [-0.1, -0.05) is 12.1 Å². The zero-order chi connectivity index (χ0) is 18.2. The van der Waals surface area contributed by atoms with Crippen LogP contribution >= 0.6 is 24.0 Å².